The molecule has 0 saturated heterocycles. The number of nitrogens with zero attached hydrogens (tertiary/aromatic N) is 1. The summed E-state index contributed by atoms with van der Waals surface area (Å²) >= 11 is 0. The van der Waals surface area contributed by atoms with Gasteiger partial charge in [-0.1, -0.05) is 36.5 Å². The Hall–Kier alpha value is -2.22. The predicted octanol–water partition coefficient (Wildman–Crippen LogP) is 3.97. The van der Waals surface area contributed by atoms with Gasteiger partial charge in [0.15, 0.2) is 0 Å². The first-order valence-corrected chi connectivity index (χ1v) is 7.04. The molecule has 2 aliphatic carbocycles. The first-order valence-electron chi connectivity index (χ1n) is 7.04. The predicted molar refractivity (Wildman–Crippen MR) is 84.0 cm³/mol. The van der Waals surface area contributed by atoms with Gasteiger partial charge >= 0.3 is 0 Å². The number of allylic oxidation sites excluding steroid dienone is 6. The molecule has 0 saturated carbocycles. The summed E-state index contributed by atoms with van der Waals surface area (Å²) in [6.07, 6.45) is 15.1. The zero-order valence-corrected chi connectivity index (χ0v) is 11.5. The summed E-state index contributed by atoms with van der Waals surface area (Å²) in [5.74, 6) is 0.317. The van der Waals surface area contributed by atoms with Gasteiger partial charge in [-0.3, -0.25) is 0 Å². The molecule has 0 aromatic heterocycles. The molecule has 0 unspecified atom stereocenters. The molecule has 2 aliphatic rings. The fraction of sp³-hybridized carbons (Fsp3) is 0.222. The van der Waals surface area contributed by atoms with Crippen molar-refractivity contribution in [1.82, 2.24) is 0 Å². The lowest BCUT2D eigenvalue weighted by molar-refractivity contribution is 0.475. The number of hydrogen-bond donors (Lipinski definition) is 1. The Morgan fingerprint density at radius 3 is 1.85 bits per heavy atom. The number of aromatic hydroxyl groups is 1. The van der Waals surface area contributed by atoms with E-state index in [-0.39, 0.29) is 0 Å². The van der Waals surface area contributed by atoms with Gasteiger partial charge in [-0.2, -0.15) is 0 Å². The highest BCUT2D eigenvalue weighted by atomic mass is 16.3. The molecule has 0 aliphatic heterocycles. The average molecular weight is 265 g/mol. The molecule has 0 bridgehead atoms. The van der Waals surface area contributed by atoms with Crippen molar-refractivity contribution in [1.29, 1.82) is 0 Å². The molecule has 102 valence electrons. The van der Waals surface area contributed by atoms with Crippen LogP contribution in [-0.2, 0) is 0 Å². The third-order valence-corrected chi connectivity index (χ3v) is 3.70. The van der Waals surface area contributed by atoms with E-state index in [0.29, 0.717) is 5.75 Å². The van der Waals surface area contributed by atoms with Crippen LogP contribution < -0.4 is 4.90 Å². The molecule has 1 aromatic carbocycles. The molecule has 2 nitrogen and oxygen atoms in total. The van der Waals surface area contributed by atoms with Crippen LogP contribution in [0, 0.1) is 0 Å². The largest absolute Gasteiger partial charge is 0.508 e. The number of anilines is 1. The van der Waals surface area contributed by atoms with E-state index in [1.807, 2.05) is 12.1 Å². The minimum Gasteiger partial charge on any atom is -0.508 e. The Morgan fingerprint density at radius 2 is 1.40 bits per heavy atom. The van der Waals surface area contributed by atoms with E-state index < -0.39 is 0 Å². The summed E-state index contributed by atoms with van der Waals surface area (Å²) in [6, 6.07) is 7.48. The summed E-state index contributed by atoms with van der Waals surface area (Å²) in [7, 11) is 0. The second-order valence-corrected chi connectivity index (χ2v) is 5.29. The van der Waals surface area contributed by atoms with Crippen molar-refractivity contribution in [2.24, 2.45) is 0 Å². The van der Waals surface area contributed by atoms with E-state index in [0.717, 1.165) is 31.6 Å². The normalized spacial score (nSPS) is 16.4. The maximum atomic E-state index is 9.45. The van der Waals surface area contributed by atoms with Crippen molar-refractivity contribution in [2.75, 3.05) is 18.0 Å². The molecule has 20 heavy (non-hydrogen) atoms. The topological polar surface area (TPSA) is 23.5 Å². The fourth-order valence-corrected chi connectivity index (χ4v) is 2.61. The second kappa shape index (κ2) is 5.83. The van der Waals surface area contributed by atoms with Crippen molar-refractivity contribution in [3.63, 3.8) is 0 Å². The van der Waals surface area contributed by atoms with Crippen molar-refractivity contribution >= 4 is 5.69 Å². The first-order chi connectivity index (χ1) is 9.81. The van der Waals surface area contributed by atoms with Gasteiger partial charge in [-0.05, 0) is 48.3 Å². The Bertz CT molecular complexity index is 558. The number of rotatable bonds is 5. The van der Waals surface area contributed by atoms with E-state index in [9.17, 15) is 5.11 Å². The Balaban J connectivity index is 1.76. The molecule has 3 rings (SSSR count). The maximum absolute atomic E-state index is 9.45. The van der Waals surface area contributed by atoms with Crippen LogP contribution in [0.5, 0.6) is 5.75 Å². The van der Waals surface area contributed by atoms with Crippen LogP contribution in [0.25, 0.3) is 0 Å². The van der Waals surface area contributed by atoms with Gasteiger partial charge in [0.25, 0.3) is 0 Å². The SMILES string of the molecule is Oc1ccc(N(CC2=CC=CC2)CC2=CC=CC2)cc1. The first kappa shape index (κ1) is 12.8. The molecule has 0 radical (unpaired) electrons. The molecule has 0 amide bonds. The fourth-order valence-electron chi connectivity index (χ4n) is 2.61. The lowest BCUT2D eigenvalue weighted by atomic mass is 10.1. The van der Waals surface area contributed by atoms with Crippen LogP contribution in [-0.4, -0.2) is 18.2 Å². The zero-order chi connectivity index (χ0) is 13.8. The molecule has 0 fully saturated rings. The molecule has 1 N–H and O–H groups in total. The van der Waals surface area contributed by atoms with Gasteiger partial charge in [0.1, 0.15) is 5.75 Å². The smallest absolute Gasteiger partial charge is 0.115 e. The Kier molecular flexibility index (Phi) is 3.73. The summed E-state index contributed by atoms with van der Waals surface area (Å²) in [5, 5.41) is 9.45. The molecule has 2 heteroatoms. The van der Waals surface area contributed by atoms with Crippen LogP contribution in [0.2, 0.25) is 0 Å². The summed E-state index contributed by atoms with van der Waals surface area (Å²) in [4.78, 5) is 2.37. The lowest BCUT2D eigenvalue weighted by Crippen LogP contribution is -2.27. The second-order valence-electron chi connectivity index (χ2n) is 5.29. The highest BCUT2D eigenvalue weighted by molar-refractivity contribution is 5.52. The molecular formula is C18H19NO. The number of hydrogen-bond acceptors (Lipinski definition) is 2. The van der Waals surface area contributed by atoms with E-state index in [4.69, 9.17) is 0 Å². The highest BCUT2D eigenvalue weighted by Gasteiger charge is 2.12. The zero-order valence-electron chi connectivity index (χ0n) is 11.5. The van der Waals surface area contributed by atoms with Crippen LogP contribution >= 0.6 is 0 Å². The van der Waals surface area contributed by atoms with Crippen molar-refractivity contribution < 1.29 is 5.11 Å². The third-order valence-electron chi connectivity index (χ3n) is 3.70. The van der Waals surface area contributed by atoms with Crippen LogP contribution in [0.4, 0.5) is 5.69 Å². The lowest BCUT2D eigenvalue weighted by Gasteiger charge is -2.26. The van der Waals surface area contributed by atoms with E-state index in [1.54, 1.807) is 12.1 Å². The van der Waals surface area contributed by atoms with Gasteiger partial charge in [0.05, 0.1) is 0 Å². The van der Waals surface area contributed by atoms with Gasteiger partial charge < -0.3 is 10.0 Å². The Morgan fingerprint density at radius 1 is 0.850 bits per heavy atom. The van der Waals surface area contributed by atoms with E-state index in [2.05, 4.69) is 41.4 Å². The standard InChI is InChI=1S/C18H19NO/c20-18-11-9-17(10-12-18)19(13-15-5-1-2-6-15)14-16-7-3-4-8-16/h1-5,7,9-12,20H,6,8,13-14H2. The van der Waals surface area contributed by atoms with Crippen LogP contribution in [0.3, 0.4) is 0 Å². The third kappa shape index (κ3) is 3.02. The van der Waals surface area contributed by atoms with Crippen molar-refractivity contribution in [3.8, 4) is 5.75 Å². The number of phenolic OH excluding ortho intramolecular Hbond substituents is 1. The maximum Gasteiger partial charge on any atom is 0.115 e. The summed E-state index contributed by atoms with van der Waals surface area (Å²) in [6.45, 7) is 1.88. The van der Waals surface area contributed by atoms with Crippen molar-refractivity contribution in [2.45, 2.75) is 12.8 Å². The molecule has 0 spiro atoms. The van der Waals surface area contributed by atoms with Crippen LogP contribution in [0.1, 0.15) is 12.8 Å². The molecule has 0 heterocycles. The number of phenols is 1. The summed E-state index contributed by atoms with van der Waals surface area (Å²) in [5.41, 5.74) is 4.03. The van der Waals surface area contributed by atoms with Crippen molar-refractivity contribution in [3.05, 3.63) is 71.9 Å². The van der Waals surface area contributed by atoms with Crippen LogP contribution in [0.15, 0.2) is 71.9 Å². The van der Waals surface area contributed by atoms with E-state index >= 15 is 0 Å². The minimum atomic E-state index is 0.317. The molecule has 1 aromatic rings. The molecular weight excluding hydrogens is 246 g/mol. The average Bonchev–Trinajstić information content (AvgIpc) is 3.12. The Labute approximate surface area is 120 Å². The van der Waals surface area contributed by atoms with E-state index in [1.165, 1.54) is 11.1 Å². The minimum absolute atomic E-state index is 0.317. The monoisotopic (exact) mass is 265 g/mol. The van der Waals surface area contributed by atoms with Gasteiger partial charge in [0, 0.05) is 18.8 Å². The number of benzene rings is 1. The quantitative estimate of drug-likeness (QED) is 0.870. The summed E-state index contributed by atoms with van der Waals surface area (Å²) < 4.78 is 0. The van der Waals surface area contributed by atoms with Gasteiger partial charge in [0.2, 0.25) is 0 Å². The van der Waals surface area contributed by atoms with Gasteiger partial charge in [-0.25, -0.2) is 0 Å². The highest BCUT2D eigenvalue weighted by Crippen LogP contribution is 2.24. The van der Waals surface area contributed by atoms with Gasteiger partial charge in [-0.15, -0.1) is 0 Å². The molecule has 0 atom stereocenters.